The molecule has 0 aromatic heterocycles. The zero-order valence-electron chi connectivity index (χ0n) is 14.6. The second-order valence-corrected chi connectivity index (χ2v) is 7.68. The predicted octanol–water partition coefficient (Wildman–Crippen LogP) is 5.57. The van der Waals surface area contributed by atoms with Gasteiger partial charge in [-0.15, -0.1) is 11.8 Å². The molecule has 4 nitrogen and oxygen atoms in total. The molecule has 0 radical (unpaired) electrons. The zero-order chi connectivity index (χ0) is 19.9. The molecule has 0 saturated heterocycles. The number of benzene rings is 3. The number of carbonyl (C=O) groups is 2. The molecule has 0 saturated carbocycles. The fourth-order valence-electron chi connectivity index (χ4n) is 2.41. The largest absolute Gasteiger partial charge is 0.324 e. The van der Waals surface area contributed by atoms with Crippen molar-refractivity contribution in [3.8, 4) is 0 Å². The lowest BCUT2D eigenvalue weighted by molar-refractivity contribution is -0.113. The standard InChI is InChI=1S/C21H16BrFN2O2S/c22-17-9-2-4-11-19(17)25-20(26)13-28-15-7-5-6-14(12-15)24-21(27)16-8-1-3-10-18(16)23/h1-12H,13H2,(H,24,27)(H,25,26). The summed E-state index contributed by atoms with van der Waals surface area (Å²) >= 11 is 4.73. The summed E-state index contributed by atoms with van der Waals surface area (Å²) in [6.45, 7) is 0. The summed E-state index contributed by atoms with van der Waals surface area (Å²) in [7, 11) is 0. The molecule has 0 heterocycles. The molecule has 0 aliphatic rings. The Morgan fingerprint density at radius 1 is 0.929 bits per heavy atom. The third kappa shape index (κ3) is 5.43. The molecule has 0 spiro atoms. The maximum Gasteiger partial charge on any atom is 0.258 e. The predicted molar refractivity (Wildman–Crippen MR) is 114 cm³/mol. The molecule has 0 aliphatic heterocycles. The first-order chi connectivity index (χ1) is 13.5. The van der Waals surface area contributed by atoms with E-state index in [0.717, 1.165) is 9.37 Å². The monoisotopic (exact) mass is 458 g/mol. The van der Waals surface area contributed by atoms with E-state index in [2.05, 4.69) is 26.6 Å². The van der Waals surface area contributed by atoms with E-state index in [4.69, 9.17) is 0 Å². The Kier molecular flexibility index (Phi) is 6.84. The number of thioether (sulfide) groups is 1. The van der Waals surface area contributed by atoms with Crippen molar-refractivity contribution < 1.29 is 14.0 Å². The molecule has 0 fully saturated rings. The van der Waals surface area contributed by atoms with Gasteiger partial charge in [0.2, 0.25) is 5.91 Å². The molecule has 2 N–H and O–H groups in total. The van der Waals surface area contributed by atoms with Crippen LogP contribution >= 0.6 is 27.7 Å². The number of nitrogens with one attached hydrogen (secondary N) is 2. The average molecular weight is 459 g/mol. The summed E-state index contributed by atoms with van der Waals surface area (Å²) in [6, 6.07) is 20.2. The van der Waals surface area contributed by atoms with E-state index in [1.54, 1.807) is 24.3 Å². The van der Waals surface area contributed by atoms with Crippen molar-refractivity contribution in [3.63, 3.8) is 0 Å². The zero-order valence-corrected chi connectivity index (χ0v) is 17.0. The third-order valence-corrected chi connectivity index (χ3v) is 5.41. The van der Waals surface area contributed by atoms with Crippen LogP contribution in [0.3, 0.4) is 0 Å². The van der Waals surface area contributed by atoms with Gasteiger partial charge in [-0.2, -0.15) is 0 Å². The molecular weight excluding hydrogens is 443 g/mol. The number of rotatable bonds is 6. The summed E-state index contributed by atoms with van der Waals surface area (Å²) in [5.74, 6) is -1.02. The van der Waals surface area contributed by atoms with Gasteiger partial charge in [0, 0.05) is 15.1 Å². The van der Waals surface area contributed by atoms with Crippen LogP contribution in [0, 0.1) is 5.82 Å². The summed E-state index contributed by atoms with van der Waals surface area (Å²) in [5.41, 5.74) is 1.22. The first-order valence-electron chi connectivity index (χ1n) is 8.36. The minimum Gasteiger partial charge on any atom is -0.324 e. The van der Waals surface area contributed by atoms with Crippen LogP contribution in [0.1, 0.15) is 10.4 Å². The maximum atomic E-state index is 13.7. The van der Waals surface area contributed by atoms with Crippen LogP contribution < -0.4 is 10.6 Å². The lowest BCUT2D eigenvalue weighted by atomic mass is 10.2. The van der Waals surface area contributed by atoms with Gasteiger partial charge in [0.1, 0.15) is 5.82 Å². The van der Waals surface area contributed by atoms with Crippen LogP contribution in [-0.4, -0.2) is 17.6 Å². The van der Waals surface area contributed by atoms with Crippen LogP contribution in [0.5, 0.6) is 0 Å². The summed E-state index contributed by atoms with van der Waals surface area (Å²) in [4.78, 5) is 25.2. The molecule has 3 aromatic rings. The Morgan fingerprint density at radius 3 is 2.46 bits per heavy atom. The summed E-state index contributed by atoms with van der Waals surface area (Å²) in [6.07, 6.45) is 0. The second-order valence-electron chi connectivity index (χ2n) is 5.78. The van der Waals surface area contributed by atoms with E-state index in [1.807, 2.05) is 30.3 Å². The normalized spacial score (nSPS) is 10.4. The number of hydrogen-bond acceptors (Lipinski definition) is 3. The van der Waals surface area contributed by atoms with Gasteiger partial charge in [0.05, 0.1) is 17.0 Å². The Labute approximate surface area is 174 Å². The van der Waals surface area contributed by atoms with Gasteiger partial charge < -0.3 is 10.6 Å². The summed E-state index contributed by atoms with van der Waals surface area (Å²) < 4.78 is 14.5. The molecule has 7 heteroatoms. The fourth-order valence-corrected chi connectivity index (χ4v) is 3.54. The highest BCUT2D eigenvalue weighted by molar-refractivity contribution is 9.10. The minimum absolute atomic E-state index is 0.0200. The maximum absolute atomic E-state index is 13.7. The van der Waals surface area contributed by atoms with Crippen molar-refractivity contribution in [1.29, 1.82) is 0 Å². The highest BCUT2D eigenvalue weighted by Gasteiger charge is 2.11. The first kappa shape index (κ1) is 20.1. The summed E-state index contributed by atoms with van der Waals surface area (Å²) in [5, 5.41) is 5.51. The number of hydrogen-bond donors (Lipinski definition) is 2. The first-order valence-corrected chi connectivity index (χ1v) is 10.1. The smallest absolute Gasteiger partial charge is 0.258 e. The lowest BCUT2D eigenvalue weighted by Gasteiger charge is -2.09. The van der Waals surface area contributed by atoms with Gasteiger partial charge in [-0.3, -0.25) is 9.59 Å². The van der Waals surface area contributed by atoms with Crippen LogP contribution in [0.15, 0.2) is 82.2 Å². The molecule has 0 atom stereocenters. The Bertz CT molecular complexity index is 1010. The highest BCUT2D eigenvalue weighted by Crippen LogP contribution is 2.24. The number of anilines is 2. The van der Waals surface area contributed by atoms with Crippen molar-refractivity contribution in [2.24, 2.45) is 0 Å². The molecule has 0 aliphatic carbocycles. The molecule has 142 valence electrons. The van der Waals surface area contributed by atoms with E-state index in [-0.39, 0.29) is 17.2 Å². The average Bonchev–Trinajstić information content (AvgIpc) is 2.69. The molecule has 0 unspecified atom stereocenters. The van der Waals surface area contributed by atoms with E-state index in [0.29, 0.717) is 11.4 Å². The van der Waals surface area contributed by atoms with Crippen molar-refractivity contribution in [2.45, 2.75) is 4.90 Å². The number of para-hydroxylation sites is 1. The van der Waals surface area contributed by atoms with Crippen molar-refractivity contribution in [2.75, 3.05) is 16.4 Å². The second kappa shape index (κ2) is 9.52. The molecule has 2 amide bonds. The van der Waals surface area contributed by atoms with Gasteiger partial charge in [-0.25, -0.2) is 4.39 Å². The van der Waals surface area contributed by atoms with E-state index < -0.39 is 11.7 Å². The minimum atomic E-state index is -0.575. The van der Waals surface area contributed by atoms with Gasteiger partial charge in [0.15, 0.2) is 0 Å². The molecule has 3 aromatic carbocycles. The Hall–Kier alpha value is -2.64. The molecule has 0 bridgehead atoms. The van der Waals surface area contributed by atoms with Crippen molar-refractivity contribution in [1.82, 2.24) is 0 Å². The molecular formula is C21H16BrFN2O2S. The third-order valence-electron chi connectivity index (χ3n) is 3.73. The topological polar surface area (TPSA) is 58.2 Å². The molecule has 3 rings (SSSR count). The van der Waals surface area contributed by atoms with Crippen LogP contribution in [0.25, 0.3) is 0 Å². The van der Waals surface area contributed by atoms with Crippen molar-refractivity contribution >= 4 is 50.9 Å². The fraction of sp³-hybridized carbons (Fsp3) is 0.0476. The SMILES string of the molecule is O=C(CSc1cccc(NC(=O)c2ccccc2F)c1)Nc1ccccc1Br. The van der Waals surface area contributed by atoms with E-state index >= 15 is 0 Å². The number of carbonyl (C=O) groups excluding carboxylic acids is 2. The van der Waals surface area contributed by atoms with E-state index in [1.165, 1.54) is 30.0 Å². The van der Waals surface area contributed by atoms with Gasteiger partial charge >= 0.3 is 0 Å². The van der Waals surface area contributed by atoms with Crippen LogP contribution in [0.2, 0.25) is 0 Å². The Balaban J connectivity index is 1.59. The number of amides is 2. The Morgan fingerprint density at radius 2 is 1.68 bits per heavy atom. The van der Waals surface area contributed by atoms with Crippen LogP contribution in [0.4, 0.5) is 15.8 Å². The van der Waals surface area contributed by atoms with Crippen LogP contribution in [-0.2, 0) is 4.79 Å². The number of halogens is 2. The quantitative estimate of drug-likeness (QED) is 0.474. The van der Waals surface area contributed by atoms with E-state index in [9.17, 15) is 14.0 Å². The van der Waals surface area contributed by atoms with Gasteiger partial charge in [-0.1, -0.05) is 30.3 Å². The lowest BCUT2D eigenvalue weighted by Crippen LogP contribution is -2.14. The van der Waals surface area contributed by atoms with Crippen molar-refractivity contribution in [3.05, 3.63) is 88.6 Å². The van der Waals surface area contributed by atoms with Gasteiger partial charge in [0.25, 0.3) is 5.91 Å². The highest BCUT2D eigenvalue weighted by atomic mass is 79.9. The van der Waals surface area contributed by atoms with Gasteiger partial charge in [-0.05, 0) is 58.4 Å². The molecule has 28 heavy (non-hydrogen) atoms.